The van der Waals surface area contributed by atoms with E-state index in [1.54, 1.807) is 20.3 Å². The third-order valence-electron chi connectivity index (χ3n) is 3.57. The van der Waals surface area contributed by atoms with E-state index in [1.807, 2.05) is 31.2 Å². The molecule has 3 aromatic rings. The van der Waals surface area contributed by atoms with Crippen LogP contribution in [0.15, 0.2) is 42.5 Å². The molecule has 0 unspecified atom stereocenters. The van der Waals surface area contributed by atoms with Crippen LogP contribution in [0.5, 0.6) is 11.5 Å². The molecular formula is C18H17FN2O2. The molecule has 5 heteroatoms. The van der Waals surface area contributed by atoms with Gasteiger partial charge in [0.2, 0.25) is 0 Å². The highest BCUT2D eigenvalue weighted by Crippen LogP contribution is 2.34. The van der Waals surface area contributed by atoms with E-state index >= 15 is 0 Å². The third-order valence-corrected chi connectivity index (χ3v) is 3.57. The first-order valence-electron chi connectivity index (χ1n) is 7.16. The zero-order chi connectivity index (χ0) is 16.4. The van der Waals surface area contributed by atoms with Crippen molar-refractivity contribution in [3.63, 3.8) is 0 Å². The average Bonchev–Trinajstić information content (AvgIpc) is 2.55. The van der Waals surface area contributed by atoms with Crippen LogP contribution in [0.4, 0.5) is 15.8 Å². The Morgan fingerprint density at radius 3 is 2.52 bits per heavy atom. The minimum absolute atomic E-state index is 0.302. The van der Waals surface area contributed by atoms with Crippen LogP contribution in [0.25, 0.3) is 10.9 Å². The van der Waals surface area contributed by atoms with E-state index < -0.39 is 0 Å². The molecule has 0 aliphatic rings. The molecule has 0 spiro atoms. The highest BCUT2D eigenvalue weighted by molar-refractivity contribution is 5.93. The number of nitrogens with zero attached hydrogens (tertiary/aromatic N) is 1. The van der Waals surface area contributed by atoms with E-state index in [9.17, 15) is 4.39 Å². The summed E-state index contributed by atoms with van der Waals surface area (Å²) in [6.45, 7) is 1.90. The van der Waals surface area contributed by atoms with Gasteiger partial charge in [0.25, 0.3) is 0 Å². The normalized spacial score (nSPS) is 10.6. The number of anilines is 2. The molecule has 23 heavy (non-hydrogen) atoms. The molecule has 0 saturated carbocycles. The molecule has 4 nitrogen and oxygen atoms in total. The summed E-state index contributed by atoms with van der Waals surface area (Å²) in [4.78, 5) is 4.43. The lowest BCUT2D eigenvalue weighted by Crippen LogP contribution is -1.98. The van der Waals surface area contributed by atoms with Crippen molar-refractivity contribution < 1.29 is 13.9 Å². The number of rotatable bonds is 4. The summed E-state index contributed by atoms with van der Waals surface area (Å²) in [6.07, 6.45) is 0. The fraction of sp³-hybridized carbons (Fsp3) is 0.167. The standard InChI is InChI=1S/C18H17FN2O2/c1-11-8-16(14-9-12(19)4-6-15(14)20-11)21-17-10-13(22-2)5-7-18(17)23-3/h4-10H,1-3H3,(H,20,21). The number of aryl methyl sites for hydroxylation is 1. The van der Waals surface area contributed by atoms with Crippen molar-refractivity contribution >= 4 is 22.3 Å². The van der Waals surface area contributed by atoms with Gasteiger partial charge in [0.05, 0.1) is 25.4 Å². The molecule has 1 N–H and O–H groups in total. The highest BCUT2D eigenvalue weighted by atomic mass is 19.1. The van der Waals surface area contributed by atoms with Gasteiger partial charge < -0.3 is 14.8 Å². The fourth-order valence-corrected chi connectivity index (χ4v) is 2.49. The minimum atomic E-state index is -0.302. The van der Waals surface area contributed by atoms with Crippen molar-refractivity contribution in [3.8, 4) is 11.5 Å². The van der Waals surface area contributed by atoms with E-state index in [1.165, 1.54) is 12.1 Å². The highest BCUT2D eigenvalue weighted by Gasteiger charge is 2.10. The van der Waals surface area contributed by atoms with Crippen LogP contribution in [0.2, 0.25) is 0 Å². The molecule has 2 aromatic carbocycles. The lowest BCUT2D eigenvalue weighted by Gasteiger charge is -2.15. The van der Waals surface area contributed by atoms with Crippen molar-refractivity contribution in [3.05, 3.63) is 54.0 Å². The summed E-state index contributed by atoms with van der Waals surface area (Å²) < 4.78 is 24.2. The summed E-state index contributed by atoms with van der Waals surface area (Å²) in [6, 6.07) is 11.9. The number of aromatic nitrogens is 1. The summed E-state index contributed by atoms with van der Waals surface area (Å²) in [7, 11) is 3.20. The number of halogens is 1. The number of methoxy groups -OCH3 is 2. The molecule has 1 aromatic heterocycles. The van der Waals surface area contributed by atoms with Crippen molar-refractivity contribution in [2.24, 2.45) is 0 Å². The predicted molar refractivity (Wildman–Crippen MR) is 89.3 cm³/mol. The quantitative estimate of drug-likeness (QED) is 0.773. The Labute approximate surface area is 133 Å². The molecule has 0 amide bonds. The monoisotopic (exact) mass is 312 g/mol. The molecule has 0 bridgehead atoms. The van der Waals surface area contributed by atoms with Gasteiger partial charge in [-0.25, -0.2) is 4.39 Å². The Hall–Kier alpha value is -2.82. The van der Waals surface area contributed by atoms with Gasteiger partial charge in [0, 0.05) is 22.8 Å². The molecule has 0 fully saturated rings. The first kappa shape index (κ1) is 15.1. The van der Waals surface area contributed by atoms with E-state index in [-0.39, 0.29) is 5.82 Å². The van der Waals surface area contributed by atoms with Gasteiger partial charge in [-0.15, -0.1) is 0 Å². The number of hydrogen-bond donors (Lipinski definition) is 1. The van der Waals surface area contributed by atoms with E-state index in [0.29, 0.717) is 16.9 Å². The first-order chi connectivity index (χ1) is 11.1. The lowest BCUT2D eigenvalue weighted by molar-refractivity contribution is 0.405. The van der Waals surface area contributed by atoms with Crippen molar-refractivity contribution in [2.45, 2.75) is 6.92 Å². The summed E-state index contributed by atoms with van der Waals surface area (Å²) >= 11 is 0. The van der Waals surface area contributed by atoms with Gasteiger partial charge >= 0.3 is 0 Å². The molecule has 0 atom stereocenters. The van der Waals surface area contributed by atoms with Gasteiger partial charge in [-0.2, -0.15) is 0 Å². The third kappa shape index (κ3) is 3.04. The van der Waals surface area contributed by atoms with Gasteiger partial charge in [-0.1, -0.05) is 0 Å². The van der Waals surface area contributed by atoms with Crippen molar-refractivity contribution in [2.75, 3.05) is 19.5 Å². The second kappa shape index (κ2) is 6.12. The Kier molecular flexibility index (Phi) is 4.02. The Balaban J connectivity index is 2.13. The number of fused-ring (bicyclic) bond motifs is 1. The summed E-state index contributed by atoms with van der Waals surface area (Å²) in [5, 5.41) is 4.01. The van der Waals surface area contributed by atoms with E-state index in [0.717, 1.165) is 22.6 Å². The Morgan fingerprint density at radius 2 is 1.78 bits per heavy atom. The zero-order valence-electron chi connectivity index (χ0n) is 13.2. The van der Waals surface area contributed by atoms with Gasteiger partial charge in [-0.05, 0) is 43.3 Å². The molecule has 0 saturated heterocycles. The van der Waals surface area contributed by atoms with Crippen LogP contribution in [-0.2, 0) is 0 Å². The van der Waals surface area contributed by atoms with Crippen LogP contribution in [0, 0.1) is 12.7 Å². The van der Waals surface area contributed by atoms with Crippen LogP contribution < -0.4 is 14.8 Å². The molecule has 0 aliphatic heterocycles. The van der Waals surface area contributed by atoms with Gasteiger partial charge in [-0.3, -0.25) is 4.98 Å². The maximum Gasteiger partial charge on any atom is 0.142 e. The molecular weight excluding hydrogens is 295 g/mol. The summed E-state index contributed by atoms with van der Waals surface area (Å²) in [5.74, 6) is 1.07. The fourth-order valence-electron chi connectivity index (χ4n) is 2.49. The van der Waals surface area contributed by atoms with Crippen LogP contribution >= 0.6 is 0 Å². The average molecular weight is 312 g/mol. The maximum absolute atomic E-state index is 13.6. The second-order valence-corrected chi connectivity index (χ2v) is 5.16. The largest absolute Gasteiger partial charge is 0.497 e. The van der Waals surface area contributed by atoms with E-state index in [2.05, 4.69) is 10.3 Å². The van der Waals surface area contributed by atoms with Gasteiger partial charge in [0.1, 0.15) is 17.3 Å². The Bertz CT molecular complexity index is 865. The zero-order valence-corrected chi connectivity index (χ0v) is 13.2. The van der Waals surface area contributed by atoms with E-state index in [4.69, 9.17) is 9.47 Å². The van der Waals surface area contributed by atoms with Crippen LogP contribution in [0.3, 0.4) is 0 Å². The molecule has 3 rings (SSSR count). The SMILES string of the molecule is COc1ccc(OC)c(Nc2cc(C)nc3ccc(F)cc23)c1. The summed E-state index contributed by atoms with van der Waals surface area (Å²) in [5.41, 5.74) is 3.07. The molecule has 0 radical (unpaired) electrons. The number of pyridine rings is 1. The van der Waals surface area contributed by atoms with Crippen LogP contribution in [-0.4, -0.2) is 19.2 Å². The molecule has 118 valence electrons. The number of ether oxygens (including phenoxy) is 2. The van der Waals surface area contributed by atoms with Crippen molar-refractivity contribution in [1.82, 2.24) is 4.98 Å². The topological polar surface area (TPSA) is 43.4 Å². The minimum Gasteiger partial charge on any atom is -0.497 e. The first-order valence-corrected chi connectivity index (χ1v) is 7.16. The van der Waals surface area contributed by atoms with Crippen molar-refractivity contribution in [1.29, 1.82) is 0 Å². The predicted octanol–water partition coefficient (Wildman–Crippen LogP) is 4.44. The lowest BCUT2D eigenvalue weighted by atomic mass is 10.1. The number of nitrogens with one attached hydrogen (secondary N) is 1. The Morgan fingerprint density at radius 1 is 0.957 bits per heavy atom. The van der Waals surface area contributed by atoms with Crippen LogP contribution in [0.1, 0.15) is 5.69 Å². The molecule has 1 heterocycles. The second-order valence-electron chi connectivity index (χ2n) is 5.16. The smallest absolute Gasteiger partial charge is 0.142 e. The number of hydrogen-bond acceptors (Lipinski definition) is 4. The molecule has 0 aliphatic carbocycles. The maximum atomic E-state index is 13.6. The van der Waals surface area contributed by atoms with Gasteiger partial charge in [0.15, 0.2) is 0 Å². The number of benzene rings is 2.